The molecule has 0 saturated heterocycles. The van der Waals surface area contributed by atoms with E-state index in [2.05, 4.69) is 21.2 Å². The molecule has 0 radical (unpaired) electrons. The lowest BCUT2D eigenvalue weighted by Gasteiger charge is -2.18. The Hall–Kier alpha value is -0.0500. The maximum Gasteiger partial charge on any atom is 0.223 e. The predicted molar refractivity (Wildman–Crippen MR) is 62.6 cm³/mol. The molecule has 3 heteroatoms. The minimum atomic E-state index is 0.270. The summed E-state index contributed by atoms with van der Waals surface area (Å²) < 4.78 is 0. The van der Waals surface area contributed by atoms with Gasteiger partial charge < -0.3 is 5.32 Å². The van der Waals surface area contributed by atoms with E-state index in [1.165, 1.54) is 32.1 Å². The van der Waals surface area contributed by atoms with Crippen LogP contribution < -0.4 is 5.32 Å². The van der Waals surface area contributed by atoms with E-state index in [1.54, 1.807) is 0 Å². The van der Waals surface area contributed by atoms with Gasteiger partial charge in [0.25, 0.3) is 0 Å². The number of hydrogen-bond donors (Lipinski definition) is 1. The summed E-state index contributed by atoms with van der Waals surface area (Å²) in [6.45, 7) is 0.759. The number of rotatable bonds is 3. The molecule has 0 aromatic heterocycles. The molecule has 1 aliphatic carbocycles. The molecule has 82 valence electrons. The smallest absolute Gasteiger partial charge is 0.223 e. The lowest BCUT2D eigenvalue weighted by atomic mass is 9.90. The van der Waals surface area contributed by atoms with Gasteiger partial charge in [0.05, 0.1) is 0 Å². The van der Waals surface area contributed by atoms with Crippen LogP contribution in [0.15, 0.2) is 0 Å². The molecule has 0 bridgehead atoms. The van der Waals surface area contributed by atoms with Crippen LogP contribution in [0.5, 0.6) is 0 Å². The molecule has 1 fully saturated rings. The van der Waals surface area contributed by atoms with E-state index in [-0.39, 0.29) is 11.8 Å². The zero-order chi connectivity index (χ0) is 10.2. The van der Waals surface area contributed by atoms with E-state index in [0.717, 1.165) is 24.7 Å². The van der Waals surface area contributed by atoms with Crippen molar-refractivity contribution in [3.05, 3.63) is 0 Å². The van der Waals surface area contributed by atoms with Crippen LogP contribution in [0.3, 0.4) is 0 Å². The Kier molecular flexibility index (Phi) is 6.24. The van der Waals surface area contributed by atoms with Crippen LogP contribution in [0.25, 0.3) is 0 Å². The van der Waals surface area contributed by atoms with E-state index in [1.807, 2.05) is 0 Å². The molecule has 14 heavy (non-hydrogen) atoms. The normalized spacial score (nSPS) is 19.8. The Labute approximate surface area is 95.0 Å². The van der Waals surface area contributed by atoms with Gasteiger partial charge in [0.15, 0.2) is 0 Å². The van der Waals surface area contributed by atoms with Gasteiger partial charge in [-0.2, -0.15) is 0 Å². The maximum atomic E-state index is 11.7. The first-order valence-corrected chi connectivity index (χ1v) is 6.80. The Morgan fingerprint density at radius 3 is 2.29 bits per heavy atom. The van der Waals surface area contributed by atoms with Crippen molar-refractivity contribution >= 4 is 21.8 Å². The van der Waals surface area contributed by atoms with Crippen LogP contribution in [-0.2, 0) is 4.79 Å². The summed E-state index contributed by atoms with van der Waals surface area (Å²) in [7, 11) is 0. The quantitative estimate of drug-likeness (QED) is 0.778. The molecular weight excluding hydrogens is 242 g/mol. The number of carbonyl (C=O) groups is 1. The molecule has 0 aromatic rings. The van der Waals surface area contributed by atoms with Gasteiger partial charge in [-0.1, -0.05) is 48.0 Å². The summed E-state index contributed by atoms with van der Waals surface area (Å²) in [6.07, 6.45) is 8.61. The van der Waals surface area contributed by atoms with Gasteiger partial charge in [-0.15, -0.1) is 0 Å². The predicted octanol–water partition coefficient (Wildman–Crippen LogP) is 2.86. The third-order valence-corrected chi connectivity index (χ3v) is 3.27. The molecule has 1 aliphatic rings. The second-order valence-corrected chi connectivity index (χ2v) is 4.82. The topological polar surface area (TPSA) is 29.1 Å². The lowest BCUT2D eigenvalue weighted by molar-refractivity contribution is -0.125. The summed E-state index contributed by atoms with van der Waals surface area (Å²) in [6, 6.07) is 0. The molecular formula is C11H20BrNO. The number of hydrogen-bond acceptors (Lipinski definition) is 1. The number of alkyl halides is 1. The average Bonchev–Trinajstić information content (AvgIpc) is 2.13. The molecule has 0 unspecified atom stereocenters. The van der Waals surface area contributed by atoms with Gasteiger partial charge in [0.1, 0.15) is 0 Å². The van der Waals surface area contributed by atoms with E-state index < -0.39 is 0 Å². The SMILES string of the molecule is O=C(NCCBr)C1CCCCCCC1. The van der Waals surface area contributed by atoms with E-state index in [0.29, 0.717) is 0 Å². The summed E-state index contributed by atoms with van der Waals surface area (Å²) in [5.74, 6) is 0.556. The third kappa shape index (κ3) is 4.45. The fourth-order valence-corrected chi connectivity index (χ4v) is 2.23. The molecule has 0 spiro atoms. The van der Waals surface area contributed by atoms with Crippen molar-refractivity contribution in [3.63, 3.8) is 0 Å². The van der Waals surface area contributed by atoms with Crippen LogP contribution in [0, 0.1) is 5.92 Å². The number of halogens is 1. The summed E-state index contributed by atoms with van der Waals surface area (Å²) in [5.41, 5.74) is 0. The minimum absolute atomic E-state index is 0.270. The second kappa shape index (κ2) is 7.27. The number of nitrogens with one attached hydrogen (secondary N) is 1. The molecule has 1 amide bonds. The van der Waals surface area contributed by atoms with Gasteiger partial charge >= 0.3 is 0 Å². The third-order valence-electron chi connectivity index (χ3n) is 2.87. The zero-order valence-corrected chi connectivity index (χ0v) is 10.3. The maximum absolute atomic E-state index is 11.7. The van der Waals surface area contributed by atoms with Crippen molar-refractivity contribution in [2.75, 3.05) is 11.9 Å². The van der Waals surface area contributed by atoms with Gasteiger partial charge in [-0.05, 0) is 12.8 Å². The van der Waals surface area contributed by atoms with Crippen LogP contribution >= 0.6 is 15.9 Å². The van der Waals surface area contributed by atoms with Gasteiger partial charge in [-0.25, -0.2) is 0 Å². The van der Waals surface area contributed by atoms with Gasteiger partial charge in [-0.3, -0.25) is 4.79 Å². The van der Waals surface area contributed by atoms with E-state index >= 15 is 0 Å². The fourth-order valence-electron chi connectivity index (χ4n) is 2.03. The first-order chi connectivity index (χ1) is 6.84. The molecule has 0 aliphatic heterocycles. The molecule has 2 nitrogen and oxygen atoms in total. The minimum Gasteiger partial charge on any atom is -0.355 e. The van der Waals surface area contributed by atoms with Crippen LogP contribution in [0.2, 0.25) is 0 Å². The van der Waals surface area contributed by atoms with Crippen molar-refractivity contribution in [1.82, 2.24) is 5.32 Å². The number of amides is 1. The molecule has 0 heterocycles. The highest BCUT2D eigenvalue weighted by atomic mass is 79.9. The van der Waals surface area contributed by atoms with Crippen molar-refractivity contribution in [2.45, 2.75) is 44.9 Å². The molecule has 1 saturated carbocycles. The Morgan fingerprint density at radius 1 is 1.14 bits per heavy atom. The van der Waals surface area contributed by atoms with Crippen LogP contribution in [0.4, 0.5) is 0 Å². The Bertz CT molecular complexity index is 165. The first-order valence-electron chi connectivity index (χ1n) is 5.68. The number of carbonyl (C=O) groups excluding carboxylic acids is 1. The first kappa shape index (κ1) is 12.0. The molecule has 0 atom stereocenters. The standard InChI is InChI=1S/C11H20BrNO/c12-8-9-13-11(14)10-6-4-2-1-3-5-7-10/h10H,1-9H2,(H,13,14). The average molecular weight is 262 g/mol. The van der Waals surface area contributed by atoms with E-state index in [9.17, 15) is 4.79 Å². The van der Waals surface area contributed by atoms with Crippen molar-refractivity contribution in [3.8, 4) is 0 Å². The van der Waals surface area contributed by atoms with Gasteiger partial charge in [0.2, 0.25) is 5.91 Å². The Morgan fingerprint density at radius 2 is 1.71 bits per heavy atom. The summed E-state index contributed by atoms with van der Waals surface area (Å²) >= 11 is 3.32. The molecule has 1 N–H and O–H groups in total. The monoisotopic (exact) mass is 261 g/mol. The van der Waals surface area contributed by atoms with Gasteiger partial charge in [0, 0.05) is 17.8 Å². The van der Waals surface area contributed by atoms with Crippen molar-refractivity contribution < 1.29 is 4.79 Å². The van der Waals surface area contributed by atoms with Crippen LogP contribution in [-0.4, -0.2) is 17.8 Å². The largest absolute Gasteiger partial charge is 0.355 e. The van der Waals surface area contributed by atoms with E-state index in [4.69, 9.17) is 0 Å². The Balaban J connectivity index is 2.27. The lowest BCUT2D eigenvalue weighted by Crippen LogP contribution is -2.32. The summed E-state index contributed by atoms with van der Waals surface area (Å²) in [5, 5.41) is 3.82. The molecule has 0 aromatic carbocycles. The molecule has 1 rings (SSSR count). The second-order valence-electron chi connectivity index (χ2n) is 4.02. The van der Waals surface area contributed by atoms with Crippen molar-refractivity contribution in [2.24, 2.45) is 5.92 Å². The summed E-state index contributed by atoms with van der Waals surface area (Å²) in [4.78, 5) is 11.7. The zero-order valence-electron chi connectivity index (χ0n) is 8.73. The van der Waals surface area contributed by atoms with Crippen molar-refractivity contribution in [1.29, 1.82) is 0 Å². The van der Waals surface area contributed by atoms with Crippen LogP contribution in [0.1, 0.15) is 44.9 Å². The fraction of sp³-hybridized carbons (Fsp3) is 0.909. The highest BCUT2D eigenvalue weighted by Gasteiger charge is 2.18. The highest BCUT2D eigenvalue weighted by molar-refractivity contribution is 9.09. The highest BCUT2D eigenvalue weighted by Crippen LogP contribution is 2.22.